The van der Waals surface area contributed by atoms with Crippen LogP contribution in [0.15, 0.2) is 6.20 Å². The van der Waals surface area contributed by atoms with Crippen LogP contribution in [0.2, 0.25) is 0 Å². The Morgan fingerprint density at radius 3 is 2.67 bits per heavy atom. The second-order valence-electron chi connectivity index (χ2n) is 6.12. The molecule has 1 aliphatic rings. The van der Waals surface area contributed by atoms with E-state index in [0.29, 0.717) is 6.04 Å². The van der Waals surface area contributed by atoms with Crippen LogP contribution >= 0.6 is 0 Å². The molecule has 21 heavy (non-hydrogen) atoms. The van der Waals surface area contributed by atoms with Crippen LogP contribution in [0.3, 0.4) is 0 Å². The maximum absolute atomic E-state index is 5.46. The molecule has 0 radical (unpaired) electrons. The lowest BCUT2D eigenvalue weighted by molar-refractivity contribution is 0.170. The van der Waals surface area contributed by atoms with Crippen molar-refractivity contribution in [2.45, 2.75) is 52.6 Å². The molecule has 118 valence electrons. The maximum atomic E-state index is 5.46. The standard InChI is InChI=1S/C17H29N3O/c1-13-10-19-16(15(3)17(13)21-4)12-18-11-14(2)20-8-6-5-7-9-20/h10,14,18H,5-9,11-12H2,1-4H3. The summed E-state index contributed by atoms with van der Waals surface area (Å²) in [7, 11) is 1.73. The van der Waals surface area contributed by atoms with Crippen LogP contribution in [-0.2, 0) is 6.54 Å². The molecule has 1 fully saturated rings. The molecule has 0 spiro atoms. The number of ether oxygens (including phenoxy) is 1. The van der Waals surface area contributed by atoms with Gasteiger partial charge in [-0.25, -0.2) is 0 Å². The maximum Gasteiger partial charge on any atom is 0.128 e. The molecule has 1 aromatic heterocycles. The quantitative estimate of drug-likeness (QED) is 0.874. The zero-order valence-electron chi connectivity index (χ0n) is 13.9. The van der Waals surface area contributed by atoms with Gasteiger partial charge in [0, 0.05) is 36.5 Å². The number of hydrogen-bond donors (Lipinski definition) is 1. The van der Waals surface area contributed by atoms with E-state index in [0.717, 1.165) is 35.7 Å². The number of hydrogen-bond acceptors (Lipinski definition) is 4. The molecule has 1 aromatic rings. The molecule has 0 amide bonds. The summed E-state index contributed by atoms with van der Waals surface area (Å²) in [4.78, 5) is 7.13. The summed E-state index contributed by atoms with van der Waals surface area (Å²) in [6.07, 6.45) is 5.99. The van der Waals surface area contributed by atoms with Crippen LogP contribution in [0.4, 0.5) is 0 Å². The van der Waals surface area contributed by atoms with Crippen molar-refractivity contribution in [3.63, 3.8) is 0 Å². The van der Waals surface area contributed by atoms with Crippen molar-refractivity contribution in [2.24, 2.45) is 0 Å². The predicted molar refractivity (Wildman–Crippen MR) is 86.9 cm³/mol. The Morgan fingerprint density at radius 1 is 1.29 bits per heavy atom. The molecule has 1 aliphatic heterocycles. The molecule has 0 bridgehead atoms. The number of nitrogens with one attached hydrogen (secondary N) is 1. The van der Waals surface area contributed by atoms with Crippen molar-refractivity contribution in [1.29, 1.82) is 0 Å². The number of nitrogens with zero attached hydrogens (tertiary/aromatic N) is 2. The van der Waals surface area contributed by atoms with Crippen LogP contribution in [0, 0.1) is 13.8 Å². The van der Waals surface area contributed by atoms with Crippen LogP contribution in [0.1, 0.15) is 43.0 Å². The number of pyridine rings is 1. The fourth-order valence-electron chi connectivity index (χ4n) is 3.14. The van der Waals surface area contributed by atoms with Gasteiger partial charge in [-0.2, -0.15) is 0 Å². The summed E-state index contributed by atoms with van der Waals surface area (Å²) in [5.74, 6) is 0.964. The number of aryl methyl sites for hydroxylation is 1. The van der Waals surface area contributed by atoms with Crippen molar-refractivity contribution >= 4 is 0 Å². The molecule has 1 unspecified atom stereocenters. The molecule has 1 N–H and O–H groups in total. The Morgan fingerprint density at radius 2 is 2.00 bits per heavy atom. The van der Waals surface area contributed by atoms with Gasteiger partial charge in [-0.1, -0.05) is 6.42 Å². The first-order chi connectivity index (χ1) is 10.1. The minimum absolute atomic E-state index is 0.595. The third-order valence-electron chi connectivity index (χ3n) is 4.50. The van der Waals surface area contributed by atoms with Gasteiger partial charge < -0.3 is 10.1 Å². The van der Waals surface area contributed by atoms with Gasteiger partial charge in [0.1, 0.15) is 5.75 Å². The Bertz CT molecular complexity index is 456. The van der Waals surface area contributed by atoms with Gasteiger partial charge in [0.15, 0.2) is 0 Å². The summed E-state index contributed by atoms with van der Waals surface area (Å²) in [5.41, 5.74) is 3.33. The van der Waals surface area contributed by atoms with Crippen LogP contribution in [-0.4, -0.2) is 42.7 Å². The fourth-order valence-corrected chi connectivity index (χ4v) is 3.14. The van der Waals surface area contributed by atoms with Gasteiger partial charge in [0.05, 0.1) is 12.8 Å². The van der Waals surface area contributed by atoms with Crippen molar-refractivity contribution in [3.8, 4) is 5.75 Å². The SMILES string of the molecule is COc1c(C)cnc(CNCC(C)N2CCCCC2)c1C. The highest BCUT2D eigenvalue weighted by atomic mass is 16.5. The van der Waals surface area contributed by atoms with Crippen molar-refractivity contribution < 1.29 is 4.74 Å². The van der Waals surface area contributed by atoms with E-state index in [1.165, 1.54) is 32.4 Å². The smallest absolute Gasteiger partial charge is 0.128 e. The molecule has 2 heterocycles. The first-order valence-corrected chi connectivity index (χ1v) is 8.07. The number of rotatable bonds is 6. The zero-order chi connectivity index (χ0) is 15.2. The molecule has 4 nitrogen and oxygen atoms in total. The fraction of sp³-hybridized carbons (Fsp3) is 0.706. The molecular weight excluding hydrogens is 262 g/mol. The van der Waals surface area contributed by atoms with Crippen molar-refractivity contribution in [2.75, 3.05) is 26.7 Å². The van der Waals surface area contributed by atoms with E-state index in [2.05, 4.69) is 29.0 Å². The number of methoxy groups -OCH3 is 1. The normalized spacial score (nSPS) is 17.7. The second-order valence-corrected chi connectivity index (χ2v) is 6.12. The van der Waals surface area contributed by atoms with Crippen LogP contribution in [0.5, 0.6) is 5.75 Å². The summed E-state index contributed by atoms with van der Waals surface area (Å²) < 4.78 is 5.46. The third-order valence-corrected chi connectivity index (χ3v) is 4.50. The molecule has 0 aromatic carbocycles. The first kappa shape index (κ1) is 16.2. The van der Waals surface area contributed by atoms with Gasteiger partial charge in [-0.05, 0) is 46.7 Å². The highest BCUT2D eigenvalue weighted by molar-refractivity contribution is 5.40. The molecule has 2 rings (SSSR count). The van der Waals surface area contributed by atoms with Crippen LogP contribution < -0.4 is 10.1 Å². The molecule has 0 aliphatic carbocycles. The molecule has 4 heteroatoms. The van der Waals surface area contributed by atoms with E-state index < -0.39 is 0 Å². The van der Waals surface area contributed by atoms with E-state index in [9.17, 15) is 0 Å². The van der Waals surface area contributed by atoms with Gasteiger partial charge in [0.25, 0.3) is 0 Å². The van der Waals surface area contributed by atoms with E-state index >= 15 is 0 Å². The molecule has 1 saturated heterocycles. The van der Waals surface area contributed by atoms with Crippen molar-refractivity contribution in [3.05, 3.63) is 23.0 Å². The number of likely N-dealkylation sites (tertiary alicyclic amines) is 1. The van der Waals surface area contributed by atoms with E-state index in [4.69, 9.17) is 4.74 Å². The zero-order valence-corrected chi connectivity index (χ0v) is 13.9. The second kappa shape index (κ2) is 7.76. The summed E-state index contributed by atoms with van der Waals surface area (Å²) in [6.45, 7) is 10.8. The lowest BCUT2D eigenvalue weighted by Gasteiger charge is -2.32. The largest absolute Gasteiger partial charge is 0.496 e. The van der Waals surface area contributed by atoms with E-state index in [-0.39, 0.29) is 0 Å². The molecular formula is C17H29N3O. The highest BCUT2D eigenvalue weighted by Gasteiger charge is 2.16. The topological polar surface area (TPSA) is 37.4 Å². The average molecular weight is 291 g/mol. The van der Waals surface area contributed by atoms with E-state index in [1.807, 2.05) is 13.1 Å². The lowest BCUT2D eigenvalue weighted by Crippen LogP contribution is -2.43. The Balaban J connectivity index is 1.85. The Kier molecular flexibility index (Phi) is 6.00. The monoisotopic (exact) mass is 291 g/mol. The minimum Gasteiger partial charge on any atom is -0.496 e. The summed E-state index contributed by atoms with van der Waals surface area (Å²) in [6, 6.07) is 0.595. The van der Waals surface area contributed by atoms with Crippen molar-refractivity contribution in [1.82, 2.24) is 15.2 Å². The Labute approximate surface area is 128 Å². The third kappa shape index (κ3) is 4.17. The molecule has 0 saturated carbocycles. The minimum atomic E-state index is 0.595. The van der Waals surface area contributed by atoms with Gasteiger partial charge >= 0.3 is 0 Å². The van der Waals surface area contributed by atoms with Gasteiger partial charge in [-0.3, -0.25) is 9.88 Å². The van der Waals surface area contributed by atoms with Crippen LogP contribution in [0.25, 0.3) is 0 Å². The number of aromatic nitrogens is 1. The Hall–Kier alpha value is -1.13. The van der Waals surface area contributed by atoms with E-state index in [1.54, 1.807) is 7.11 Å². The molecule has 1 atom stereocenters. The summed E-state index contributed by atoms with van der Waals surface area (Å²) >= 11 is 0. The average Bonchev–Trinajstić information content (AvgIpc) is 2.51. The number of piperidine rings is 1. The van der Waals surface area contributed by atoms with Gasteiger partial charge in [-0.15, -0.1) is 0 Å². The summed E-state index contributed by atoms with van der Waals surface area (Å²) in [5, 5.41) is 3.55. The highest BCUT2D eigenvalue weighted by Crippen LogP contribution is 2.23. The van der Waals surface area contributed by atoms with Gasteiger partial charge in [0.2, 0.25) is 0 Å². The predicted octanol–water partition coefficient (Wildman–Crippen LogP) is 2.67. The lowest BCUT2D eigenvalue weighted by atomic mass is 10.1. The first-order valence-electron chi connectivity index (χ1n) is 8.07.